The molecule has 5 nitrogen and oxygen atoms in total. The fourth-order valence-corrected chi connectivity index (χ4v) is 2.54. The van der Waals surface area contributed by atoms with Crippen molar-refractivity contribution in [2.75, 3.05) is 0 Å². The van der Waals surface area contributed by atoms with Crippen molar-refractivity contribution >= 4 is 23.2 Å². The van der Waals surface area contributed by atoms with Crippen molar-refractivity contribution in [3.05, 3.63) is 52.2 Å². The number of nitrogens with one attached hydrogen (secondary N) is 1. The zero-order valence-corrected chi connectivity index (χ0v) is 11.3. The van der Waals surface area contributed by atoms with Crippen LogP contribution in [-0.2, 0) is 16.0 Å². The minimum atomic E-state index is -1.10. The van der Waals surface area contributed by atoms with E-state index in [9.17, 15) is 14.7 Å². The molecule has 1 heterocycles. The molecule has 1 aromatic heterocycles. The Kier molecular flexibility index (Phi) is 4.37. The molecule has 0 spiro atoms. The molecule has 0 saturated carbocycles. The Morgan fingerprint density at radius 1 is 1.25 bits per heavy atom. The molecule has 1 aromatic carbocycles. The number of hydrogen-bond acceptors (Lipinski definition) is 4. The Labute approximate surface area is 119 Å². The van der Waals surface area contributed by atoms with Gasteiger partial charge in [0.2, 0.25) is 5.91 Å². The maximum absolute atomic E-state index is 11.9. The van der Waals surface area contributed by atoms with Crippen LogP contribution in [0.25, 0.3) is 0 Å². The second-order valence-corrected chi connectivity index (χ2v) is 5.18. The lowest BCUT2D eigenvalue weighted by molar-refractivity contribution is -0.141. The number of carbonyl (C=O) groups is 2. The zero-order valence-electron chi connectivity index (χ0n) is 10.4. The predicted molar refractivity (Wildman–Crippen MR) is 74.6 cm³/mol. The number of aromatic hydroxyl groups is 1. The molecule has 0 aliphatic carbocycles. The van der Waals surface area contributed by atoms with Gasteiger partial charge >= 0.3 is 5.97 Å². The third-order valence-electron chi connectivity index (χ3n) is 2.66. The molecule has 0 bridgehead atoms. The molecule has 1 amide bonds. The average molecular weight is 291 g/mol. The molecule has 104 valence electrons. The van der Waals surface area contributed by atoms with E-state index in [4.69, 9.17) is 5.11 Å². The number of carboxylic acids is 1. The lowest BCUT2D eigenvalue weighted by atomic mass is 10.1. The maximum Gasteiger partial charge on any atom is 0.331 e. The predicted octanol–water partition coefficient (Wildman–Crippen LogP) is 1.94. The smallest absolute Gasteiger partial charge is 0.331 e. The molecular formula is C14H13NO4S. The fourth-order valence-electron chi connectivity index (χ4n) is 1.77. The first-order chi connectivity index (χ1) is 9.56. The molecule has 2 aromatic rings. The summed E-state index contributed by atoms with van der Waals surface area (Å²) in [5.41, 5.74) is 0.623. The van der Waals surface area contributed by atoms with Gasteiger partial charge in [-0.3, -0.25) is 4.79 Å². The quantitative estimate of drug-likeness (QED) is 0.785. The van der Waals surface area contributed by atoms with Crippen LogP contribution in [0.4, 0.5) is 0 Å². The van der Waals surface area contributed by atoms with Crippen molar-refractivity contribution in [1.82, 2.24) is 5.32 Å². The Morgan fingerprint density at radius 3 is 2.65 bits per heavy atom. The summed E-state index contributed by atoms with van der Waals surface area (Å²) in [6, 6.07) is 8.66. The van der Waals surface area contributed by atoms with Gasteiger partial charge in [0.15, 0.2) is 6.04 Å². The van der Waals surface area contributed by atoms with Crippen molar-refractivity contribution in [2.24, 2.45) is 0 Å². The van der Waals surface area contributed by atoms with Gasteiger partial charge in [-0.2, -0.15) is 0 Å². The van der Waals surface area contributed by atoms with Gasteiger partial charge in [-0.1, -0.05) is 18.2 Å². The van der Waals surface area contributed by atoms with Gasteiger partial charge in [0.25, 0.3) is 0 Å². The summed E-state index contributed by atoms with van der Waals surface area (Å²) in [5, 5.41) is 22.7. The third-order valence-corrected chi connectivity index (χ3v) is 3.59. The Morgan fingerprint density at radius 2 is 2.05 bits per heavy atom. The number of phenolic OH excluding ortho intramolecular Hbond substituents is 1. The van der Waals surface area contributed by atoms with Gasteiger partial charge in [0.1, 0.15) is 5.75 Å². The third kappa shape index (κ3) is 3.58. The second kappa shape index (κ2) is 6.21. The average Bonchev–Trinajstić information content (AvgIpc) is 2.89. The van der Waals surface area contributed by atoms with Gasteiger partial charge in [-0.25, -0.2) is 4.79 Å². The molecule has 0 aliphatic rings. The van der Waals surface area contributed by atoms with Crippen LogP contribution in [0, 0.1) is 0 Å². The minimum Gasteiger partial charge on any atom is -0.508 e. The number of rotatable bonds is 5. The number of phenols is 1. The van der Waals surface area contributed by atoms with Crippen LogP contribution in [0.1, 0.15) is 16.5 Å². The minimum absolute atomic E-state index is 0.0174. The van der Waals surface area contributed by atoms with Crippen molar-refractivity contribution in [3.8, 4) is 5.75 Å². The Balaban J connectivity index is 2.04. The van der Waals surface area contributed by atoms with Crippen LogP contribution < -0.4 is 5.32 Å². The standard InChI is InChI=1S/C14H13NO4S/c16-10-4-1-3-9(7-10)8-12(17)15-13(14(18)19)11-5-2-6-20-11/h1-7,13,16H,8H2,(H,15,17)(H,18,19). The summed E-state index contributed by atoms with van der Waals surface area (Å²) in [6.45, 7) is 0. The normalized spacial score (nSPS) is 11.8. The Hall–Kier alpha value is -2.34. The molecule has 0 aliphatic heterocycles. The highest BCUT2D eigenvalue weighted by atomic mass is 32.1. The van der Waals surface area contributed by atoms with Gasteiger partial charge in [0.05, 0.1) is 6.42 Å². The van der Waals surface area contributed by atoms with E-state index in [-0.39, 0.29) is 12.2 Å². The highest BCUT2D eigenvalue weighted by Crippen LogP contribution is 2.19. The summed E-state index contributed by atoms with van der Waals surface area (Å²) in [6.07, 6.45) is 0.0174. The second-order valence-electron chi connectivity index (χ2n) is 4.20. The molecule has 1 unspecified atom stereocenters. The molecular weight excluding hydrogens is 278 g/mol. The van der Waals surface area contributed by atoms with E-state index < -0.39 is 17.9 Å². The van der Waals surface area contributed by atoms with Crippen molar-refractivity contribution in [3.63, 3.8) is 0 Å². The van der Waals surface area contributed by atoms with E-state index in [1.807, 2.05) is 0 Å². The van der Waals surface area contributed by atoms with Crippen LogP contribution in [0.2, 0.25) is 0 Å². The number of carbonyl (C=O) groups excluding carboxylic acids is 1. The molecule has 1 atom stereocenters. The highest BCUT2D eigenvalue weighted by Gasteiger charge is 2.22. The number of hydrogen-bond donors (Lipinski definition) is 3. The molecule has 2 rings (SSSR count). The van der Waals surface area contributed by atoms with E-state index in [0.29, 0.717) is 10.4 Å². The molecule has 20 heavy (non-hydrogen) atoms. The van der Waals surface area contributed by atoms with Gasteiger partial charge in [-0.15, -0.1) is 11.3 Å². The number of benzene rings is 1. The van der Waals surface area contributed by atoms with Crippen LogP contribution in [0.5, 0.6) is 5.75 Å². The molecule has 0 saturated heterocycles. The summed E-state index contributed by atoms with van der Waals surface area (Å²) in [7, 11) is 0. The first-order valence-electron chi connectivity index (χ1n) is 5.90. The van der Waals surface area contributed by atoms with E-state index >= 15 is 0 Å². The van der Waals surface area contributed by atoms with E-state index in [2.05, 4.69) is 5.32 Å². The topological polar surface area (TPSA) is 86.6 Å². The zero-order chi connectivity index (χ0) is 14.5. The van der Waals surface area contributed by atoms with Gasteiger partial charge in [-0.05, 0) is 29.1 Å². The summed E-state index contributed by atoms with van der Waals surface area (Å²) in [5.74, 6) is -1.43. The molecule has 0 radical (unpaired) electrons. The van der Waals surface area contributed by atoms with Crippen LogP contribution in [-0.4, -0.2) is 22.1 Å². The fraction of sp³-hybridized carbons (Fsp3) is 0.143. The number of aliphatic carboxylic acids is 1. The SMILES string of the molecule is O=C(Cc1cccc(O)c1)NC(C(=O)O)c1cccs1. The summed E-state index contributed by atoms with van der Waals surface area (Å²) < 4.78 is 0. The lowest BCUT2D eigenvalue weighted by Crippen LogP contribution is -2.34. The Bertz CT molecular complexity index is 609. The first kappa shape index (κ1) is 14.1. The molecule has 3 N–H and O–H groups in total. The first-order valence-corrected chi connectivity index (χ1v) is 6.77. The monoisotopic (exact) mass is 291 g/mol. The van der Waals surface area contributed by atoms with Crippen LogP contribution in [0.15, 0.2) is 41.8 Å². The van der Waals surface area contributed by atoms with Crippen molar-refractivity contribution in [1.29, 1.82) is 0 Å². The van der Waals surface area contributed by atoms with Gasteiger partial charge in [0, 0.05) is 4.88 Å². The van der Waals surface area contributed by atoms with Crippen LogP contribution in [0.3, 0.4) is 0 Å². The van der Waals surface area contributed by atoms with Crippen LogP contribution >= 0.6 is 11.3 Å². The number of amides is 1. The van der Waals surface area contributed by atoms with Gasteiger partial charge < -0.3 is 15.5 Å². The van der Waals surface area contributed by atoms with E-state index in [1.165, 1.54) is 23.5 Å². The largest absolute Gasteiger partial charge is 0.508 e. The highest BCUT2D eigenvalue weighted by molar-refractivity contribution is 7.10. The maximum atomic E-state index is 11.9. The lowest BCUT2D eigenvalue weighted by Gasteiger charge is -2.13. The number of thiophene rings is 1. The molecule has 6 heteroatoms. The number of carboxylic acid groups (broad SMARTS) is 1. The molecule has 0 fully saturated rings. The van der Waals surface area contributed by atoms with E-state index in [0.717, 1.165) is 0 Å². The van der Waals surface area contributed by atoms with E-state index in [1.54, 1.807) is 29.6 Å². The summed E-state index contributed by atoms with van der Waals surface area (Å²) >= 11 is 1.27. The van der Waals surface area contributed by atoms with Crippen molar-refractivity contribution in [2.45, 2.75) is 12.5 Å². The summed E-state index contributed by atoms with van der Waals surface area (Å²) in [4.78, 5) is 23.6. The van der Waals surface area contributed by atoms with Crippen molar-refractivity contribution < 1.29 is 19.8 Å².